The van der Waals surface area contributed by atoms with E-state index in [0.29, 0.717) is 19.1 Å². The van der Waals surface area contributed by atoms with Gasteiger partial charge < -0.3 is 20.2 Å². The number of amides is 2. The second-order valence-electron chi connectivity index (χ2n) is 5.40. The standard InChI is InChI=1S/C16H27N3O2/c1-5-9-19(10-11-20)16(21)17-14-7-6-8-15(12-14)18(4)13(2)3/h6-8,12-13,20H,5,9-11H2,1-4H3,(H,17,21). The molecule has 118 valence electrons. The highest BCUT2D eigenvalue weighted by molar-refractivity contribution is 5.89. The predicted molar refractivity (Wildman–Crippen MR) is 87.9 cm³/mol. The molecule has 0 saturated carbocycles. The van der Waals surface area contributed by atoms with E-state index in [2.05, 4.69) is 24.1 Å². The van der Waals surface area contributed by atoms with Gasteiger partial charge in [-0.3, -0.25) is 0 Å². The van der Waals surface area contributed by atoms with E-state index in [1.807, 2.05) is 38.2 Å². The molecule has 21 heavy (non-hydrogen) atoms. The van der Waals surface area contributed by atoms with Crippen LogP contribution in [0.25, 0.3) is 0 Å². The van der Waals surface area contributed by atoms with Crippen molar-refractivity contribution in [3.63, 3.8) is 0 Å². The molecule has 1 aromatic carbocycles. The number of hydrogen-bond donors (Lipinski definition) is 2. The van der Waals surface area contributed by atoms with Gasteiger partial charge in [-0.05, 0) is 38.5 Å². The molecule has 0 aromatic heterocycles. The topological polar surface area (TPSA) is 55.8 Å². The molecule has 0 unspecified atom stereocenters. The number of aliphatic hydroxyl groups excluding tert-OH is 1. The summed E-state index contributed by atoms with van der Waals surface area (Å²) >= 11 is 0. The molecule has 0 radical (unpaired) electrons. The van der Waals surface area contributed by atoms with Gasteiger partial charge in [0.1, 0.15) is 0 Å². The first-order chi connectivity index (χ1) is 9.99. The Labute approximate surface area is 127 Å². The Kier molecular flexibility index (Phi) is 7.02. The number of aliphatic hydroxyl groups is 1. The molecule has 1 rings (SSSR count). The summed E-state index contributed by atoms with van der Waals surface area (Å²) in [6, 6.07) is 8.00. The van der Waals surface area contributed by atoms with Crippen molar-refractivity contribution in [2.75, 3.05) is 37.0 Å². The Morgan fingerprint density at radius 2 is 2.05 bits per heavy atom. The Morgan fingerprint density at radius 3 is 2.62 bits per heavy atom. The maximum atomic E-state index is 12.2. The zero-order valence-corrected chi connectivity index (χ0v) is 13.5. The van der Waals surface area contributed by atoms with E-state index in [-0.39, 0.29) is 12.6 Å². The molecule has 5 heteroatoms. The molecular weight excluding hydrogens is 266 g/mol. The summed E-state index contributed by atoms with van der Waals surface area (Å²) in [6.45, 7) is 7.22. The summed E-state index contributed by atoms with van der Waals surface area (Å²) in [5, 5.41) is 11.9. The van der Waals surface area contributed by atoms with Crippen LogP contribution in [0.4, 0.5) is 16.2 Å². The highest BCUT2D eigenvalue weighted by Gasteiger charge is 2.13. The zero-order chi connectivity index (χ0) is 15.8. The number of anilines is 2. The van der Waals surface area contributed by atoms with Crippen LogP contribution in [0.2, 0.25) is 0 Å². The van der Waals surface area contributed by atoms with Crippen LogP contribution in [0.5, 0.6) is 0 Å². The van der Waals surface area contributed by atoms with Crippen LogP contribution in [0, 0.1) is 0 Å². The Hall–Kier alpha value is -1.75. The second kappa shape index (κ2) is 8.52. The summed E-state index contributed by atoms with van der Waals surface area (Å²) < 4.78 is 0. The SMILES string of the molecule is CCCN(CCO)C(=O)Nc1cccc(N(C)C(C)C)c1. The summed E-state index contributed by atoms with van der Waals surface area (Å²) in [5.74, 6) is 0. The van der Waals surface area contributed by atoms with E-state index in [1.54, 1.807) is 4.90 Å². The number of carbonyl (C=O) groups is 1. The number of benzene rings is 1. The van der Waals surface area contributed by atoms with Gasteiger partial charge in [0.05, 0.1) is 6.61 Å². The largest absolute Gasteiger partial charge is 0.395 e. The Bertz CT molecular complexity index is 443. The van der Waals surface area contributed by atoms with Gasteiger partial charge in [-0.1, -0.05) is 13.0 Å². The van der Waals surface area contributed by atoms with Gasteiger partial charge in [-0.2, -0.15) is 0 Å². The number of hydrogen-bond acceptors (Lipinski definition) is 3. The molecule has 0 aliphatic carbocycles. The molecule has 0 heterocycles. The molecular formula is C16H27N3O2. The van der Waals surface area contributed by atoms with Crippen molar-refractivity contribution in [1.29, 1.82) is 0 Å². The van der Waals surface area contributed by atoms with Crippen molar-refractivity contribution < 1.29 is 9.90 Å². The fourth-order valence-corrected chi connectivity index (χ4v) is 2.01. The van der Waals surface area contributed by atoms with Gasteiger partial charge in [0.2, 0.25) is 0 Å². The van der Waals surface area contributed by atoms with E-state index >= 15 is 0 Å². The second-order valence-corrected chi connectivity index (χ2v) is 5.40. The average Bonchev–Trinajstić information content (AvgIpc) is 2.46. The minimum Gasteiger partial charge on any atom is -0.395 e. The highest BCUT2D eigenvalue weighted by atomic mass is 16.3. The molecule has 1 aromatic rings. The minimum absolute atomic E-state index is 0.0243. The van der Waals surface area contributed by atoms with Crippen molar-refractivity contribution in [1.82, 2.24) is 4.90 Å². The van der Waals surface area contributed by atoms with Crippen LogP contribution in [-0.4, -0.2) is 48.8 Å². The van der Waals surface area contributed by atoms with Gasteiger partial charge in [-0.15, -0.1) is 0 Å². The van der Waals surface area contributed by atoms with Crippen molar-refractivity contribution in [3.8, 4) is 0 Å². The van der Waals surface area contributed by atoms with Crippen LogP contribution >= 0.6 is 0 Å². The third-order valence-corrected chi connectivity index (χ3v) is 3.43. The van der Waals surface area contributed by atoms with E-state index in [9.17, 15) is 4.79 Å². The molecule has 0 bridgehead atoms. The summed E-state index contributed by atoms with van der Waals surface area (Å²) in [6.07, 6.45) is 0.865. The van der Waals surface area contributed by atoms with Crippen molar-refractivity contribution in [3.05, 3.63) is 24.3 Å². The van der Waals surface area contributed by atoms with Crippen LogP contribution in [-0.2, 0) is 0 Å². The highest BCUT2D eigenvalue weighted by Crippen LogP contribution is 2.20. The molecule has 0 aliphatic heterocycles. The lowest BCUT2D eigenvalue weighted by atomic mass is 10.2. The summed E-state index contributed by atoms with van der Waals surface area (Å²) in [4.78, 5) is 16.0. The first-order valence-electron chi connectivity index (χ1n) is 7.49. The molecule has 0 saturated heterocycles. The van der Waals surface area contributed by atoms with Crippen molar-refractivity contribution in [2.24, 2.45) is 0 Å². The number of nitrogens with zero attached hydrogens (tertiary/aromatic N) is 2. The third-order valence-electron chi connectivity index (χ3n) is 3.43. The lowest BCUT2D eigenvalue weighted by Crippen LogP contribution is -2.37. The lowest BCUT2D eigenvalue weighted by molar-refractivity contribution is 0.188. The summed E-state index contributed by atoms with van der Waals surface area (Å²) in [5.41, 5.74) is 1.83. The molecule has 0 atom stereocenters. The number of rotatable bonds is 7. The van der Waals surface area contributed by atoms with Crippen LogP contribution in [0.1, 0.15) is 27.2 Å². The van der Waals surface area contributed by atoms with Crippen LogP contribution in [0.3, 0.4) is 0 Å². The van der Waals surface area contributed by atoms with Gasteiger partial charge >= 0.3 is 6.03 Å². The average molecular weight is 293 g/mol. The molecule has 5 nitrogen and oxygen atoms in total. The fraction of sp³-hybridized carbons (Fsp3) is 0.562. The third kappa shape index (κ3) is 5.27. The van der Waals surface area contributed by atoms with E-state index in [0.717, 1.165) is 17.8 Å². The molecule has 0 spiro atoms. The van der Waals surface area contributed by atoms with Gasteiger partial charge in [0, 0.05) is 37.6 Å². The normalized spacial score (nSPS) is 10.6. The first kappa shape index (κ1) is 17.3. The Morgan fingerprint density at radius 1 is 1.33 bits per heavy atom. The predicted octanol–water partition coefficient (Wildman–Crippen LogP) is 2.77. The van der Waals surface area contributed by atoms with E-state index in [4.69, 9.17) is 5.11 Å². The zero-order valence-electron chi connectivity index (χ0n) is 13.5. The number of carbonyl (C=O) groups excluding carboxylic acids is 1. The molecule has 0 fully saturated rings. The fourth-order valence-electron chi connectivity index (χ4n) is 2.01. The smallest absolute Gasteiger partial charge is 0.321 e. The maximum Gasteiger partial charge on any atom is 0.321 e. The molecule has 2 N–H and O–H groups in total. The molecule has 0 aliphatic rings. The lowest BCUT2D eigenvalue weighted by Gasteiger charge is -2.25. The van der Waals surface area contributed by atoms with Crippen molar-refractivity contribution >= 4 is 17.4 Å². The van der Waals surface area contributed by atoms with Crippen LogP contribution in [0.15, 0.2) is 24.3 Å². The van der Waals surface area contributed by atoms with Gasteiger partial charge in [-0.25, -0.2) is 4.79 Å². The quantitative estimate of drug-likeness (QED) is 0.813. The Balaban J connectivity index is 2.77. The van der Waals surface area contributed by atoms with E-state index < -0.39 is 0 Å². The minimum atomic E-state index is -0.171. The number of urea groups is 1. The van der Waals surface area contributed by atoms with Gasteiger partial charge in [0.25, 0.3) is 0 Å². The maximum absolute atomic E-state index is 12.2. The number of nitrogens with one attached hydrogen (secondary N) is 1. The van der Waals surface area contributed by atoms with Crippen LogP contribution < -0.4 is 10.2 Å². The summed E-state index contributed by atoms with van der Waals surface area (Å²) in [7, 11) is 2.03. The van der Waals surface area contributed by atoms with Gasteiger partial charge in [0.15, 0.2) is 0 Å². The van der Waals surface area contributed by atoms with Crippen molar-refractivity contribution in [2.45, 2.75) is 33.2 Å². The first-order valence-corrected chi connectivity index (χ1v) is 7.49. The molecule has 2 amide bonds. The monoisotopic (exact) mass is 293 g/mol. The van der Waals surface area contributed by atoms with E-state index in [1.165, 1.54) is 0 Å².